The lowest BCUT2D eigenvalue weighted by Crippen LogP contribution is -1.97. The predicted octanol–water partition coefficient (Wildman–Crippen LogP) is 4.75. The molecule has 0 atom stereocenters. The first-order valence-electron chi connectivity index (χ1n) is 5.93. The molecule has 4 heteroatoms. The minimum Gasteiger partial charge on any atom is -0.276 e. The van der Waals surface area contributed by atoms with Crippen LogP contribution in [0.25, 0.3) is 21.5 Å². The second-order valence-electron chi connectivity index (χ2n) is 4.45. The van der Waals surface area contributed by atoms with Crippen LogP contribution in [0.4, 0.5) is 0 Å². The van der Waals surface area contributed by atoms with Crippen LogP contribution in [0.2, 0.25) is 0 Å². The Kier molecular flexibility index (Phi) is 3.20. The molecule has 0 bridgehead atoms. The zero-order valence-corrected chi connectivity index (χ0v) is 11.7. The largest absolute Gasteiger partial charge is 0.276 e. The van der Waals surface area contributed by atoms with Gasteiger partial charge < -0.3 is 0 Å². The second-order valence-corrected chi connectivity index (χ2v) is 5.14. The zero-order chi connectivity index (χ0) is 14.3. The molecule has 0 saturated carbocycles. The van der Waals surface area contributed by atoms with E-state index >= 15 is 0 Å². The number of halogens is 2. The summed E-state index contributed by atoms with van der Waals surface area (Å²) in [5.74, 6) is 0. The third kappa shape index (κ3) is 2.07. The maximum Gasteiger partial charge on any atom is 0.253 e. The van der Waals surface area contributed by atoms with Crippen LogP contribution in [0, 0.1) is 0 Å². The number of rotatable bonds is 2. The molecule has 0 heterocycles. The molecule has 0 unspecified atom stereocenters. The Balaban J connectivity index is 2.52. The van der Waals surface area contributed by atoms with E-state index in [2.05, 4.69) is 0 Å². The zero-order valence-electron chi connectivity index (χ0n) is 10.2. The van der Waals surface area contributed by atoms with Gasteiger partial charge in [-0.1, -0.05) is 24.3 Å². The third-order valence-corrected chi connectivity index (χ3v) is 3.71. The van der Waals surface area contributed by atoms with Crippen LogP contribution in [0.5, 0.6) is 0 Å². The molecule has 2 nitrogen and oxygen atoms in total. The number of carbonyl (C=O) groups is 2. The van der Waals surface area contributed by atoms with Crippen LogP contribution in [-0.4, -0.2) is 10.5 Å². The summed E-state index contributed by atoms with van der Waals surface area (Å²) in [6.45, 7) is 0. The molecule has 0 spiro atoms. The topological polar surface area (TPSA) is 34.1 Å². The van der Waals surface area contributed by atoms with E-state index in [1.54, 1.807) is 0 Å². The van der Waals surface area contributed by atoms with Crippen LogP contribution >= 0.6 is 23.2 Å². The SMILES string of the molecule is O=C(Cl)c1ccc(C(=O)Cl)c2cc3ccccc3cc12. The van der Waals surface area contributed by atoms with E-state index in [1.807, 2.05) is 36.4 Å². The van der Waals surface area contributed by atoms with E-state index in [9.17, 15) is 9.59 Å². The minimum absolute atomic E-state index is 0.370. The minimum atomic E-state index is -0.557. The summed E-state index contributed by atoms with van der Waals surface area (Å²) in [6, 6.07) is 14.5. The van der Waals surface area contributed by atoms with Gasteiger partial charge in [-0.25, -0.2) is 0 Å². The molecule has 0 fully saturated rings. The number of fused-ring (bicyclic) bond motifs is 2. The van der Waals surface area contributed by atoms with Crippen molar-refractivity contribution < 1.29 is 9.59 Å². The van der Waals surface area contributed by atoms with Crippen molar-refractivity contribution in [1.29, 1.82) is 0 Å². The highest BCUT2D eigenvalue weighted by Crippen LogP contribution is 2.30. The average Bonchev–Trinajstić information content (AvgIpc) is 2.43. The molecule has 0 aliphatic carbocycles. The highest BCUT2D eigenvalue weighted by Gasteiger charge is 2.14. The average molecular weight is 303 g/mol. The van der Waals surface area contributed by atoms with Crippen molar-refractivity contribution >= 4 is 55.2 Å². The molecule has 98 valence electrons. The normalized spacial score (nSPS) is 10.9. The van der Waals surface area contributed by atoms with Crippen LogP contribution in [0.15, 0.2) is 48.5 Å². The van der Waals surface area contributed by atoms with Gasteiger partial charge in [-0.15, -0.1) is 0 Å². The Labute approximate surface area is 124 Å². The van der Waals surface area contributed by atoms with Crippen molar-refractivity contribution in [3.63, 3.8) is 0 Å². The second kappa shape index (κ2) is 4.89. The summed E-state index contributed by atoms with van der Waals surface area (Å²) in [6.07, 6.45) is 0. The van der Waals surface area contributed by atoms with E-state index in [0.717, 1.165) is 10.8 Å². The fraction of sp³-hybridized carbons (Fsp3) is 0. The Morgan fingerprint density at radius 2 is 1.10 bits per heavy atom. The lowest BCUT2D eigenvalue weighted by atomic mass is 9.97. The van der Waals surface area contributed by atoms with E-state index in [0.29, 0.717) is 21.9 Å². The molecule has 0 amide bonds. The Morgan fingerprint density at radius 1 is 0.700 bits per heavy atom. The summed E-state index contributed by atoms with van der Waals surface area (Å²) < 4.78 is 0. The van der Waals surface area contributed by atoms with Crippen molar-refractivity contribution in [1.82, 2.24) is 0 Å². The van der Waals surface area contributed by atoms with Crippen LogP contribution in [-0.2, 0) is 0 Å². The predicted molar refractivity (Wildman–Crippen MR) is 81.8 cm³/mol. The van der Waals surface area contributed by atoms with Gasteiger partial charge >= 0.3 is 0 Å². The molecule has 20 heavy (non-hydrogen) atoms. The van der Waals surface area contributed by atoms with Crippen molar-refractivity contribution in [3.05, 3.63) is 59.7 Å². The van der Waals surface area contributed by atoms with Crippen molar-refractivity contribution in [2.45, 2.75) is 0 Å². The number of hydrogen-bond acceptors (Lipinski definition) is 2. The Bertz CT molecular complexity index is 797. The summed E-state index contributed by atoms with van der Waals surface area (Å²) in [5.41, 5.74) is 0.739. The third-order valence-electron chi connectivity index (χ3n) is 3.31. The highest BCUT2D eigenvalue weighted by molar-refractivity contribution is 6.70. The van der Waals surface area contributed by atoms with E-state index in [4.69, 9.17) is 23.2 Å². The fourth-order valence-electron chi connectivity index (χ4n) is 2.37. The molecule has 3 rings (SSSR count). The van der Waals surface area contributed by atoms with Gasteiger partial charge in [0.05, 0.1) is 0 Å². The van der Waals surface area contributed by atoms with Gasteiger partial charge in [0, 0.05) is 11.1 Å². The monoisotopic (exact) mass is 302 g/mol. The van der Waals surface area contributed by atoms with Gasteiger partial charge in [0.15, 0.2) is 0 Å². The molecule has 0 aliphatic heterocycles. The van der Waals surface area contributed by atoms with Gasteiger partial charge in [-0.05, 0) is 69.0 Å². The van der Waals surface area contributed by atoms with E-state index in [-0.39, 0.29) is 0 Å². The smallest absolute Gasteiger partial charge is 0.253 e. The molecule has 3 aromatic carbocycles. The standard InChI is InChI=1S/C16H8Cl2O2/c17-15(19)11-5-6-12(16(18)20)14-8-10-4-2-1-3-9(10)7-13(11)14/h1-8H. The Hall–Kier alpha value is -1.90. The number of hydrogen-bond donors (Lipinski definition) is 0. The molecule has 0 aliphatic rings. The van der Waals surface area contributed by atoms with Gasteiger partial charge in [-0.2, -0.15) is 0 Å². The fourth-order valence-corrected chi connectivity index (χ4v) is 2.70. The van der Waals surface area contributed by atoms with E-state index < -0.39 is 10.5 Å². The quantitative estimate of drug-likeness (QED) is 0.505. The van der Waals surface area contributed by atoms with Crippen molar-refractivity contribution in [3.8, 4) is 0 Å². The van der Waals surface area contributed by atoms with Gasteiger partial charge in [0.25, 0.3) is 10.5 Å². The van der Waals surface area contributed by atoms with Crippen molar-refractivity contribution in [2.75, 3.05) is 0 Å². The van der Waals surface area contributed by atoms with Crippen LogP contribution < -0.4 is 0 Å². The molecule has 0 N–H and O–H groups in total. The van der Waals surface area contributed by atoms with Gasteiger partial charge in [0.1, 0.15) is 0 Å². The lowest BCUT2D eigenvalue weighted by molar-refractivity contribution is 0.107. The summed E-state index contributed by atoms with van der Waals surface area (Å²) in [7, 11) is 0. The van der Waals surface area contributed by atoms with Gasteiger partial charge in [-0.3, -0.25) is 9.59 Å². The lowest BCUT2D eigenvalue weighted by Gasteiger charge is -2.08. The van der Waals surface area contributed by atoms with Crippen LogP contribution in [0.1, 0.15) is 20.7 Å². The molecule has 0 aromatic heterocycles. The molecular formula is C16H8Cl2O2. The summed E-state index contributed by atoms with van der Waals surface area (Å²) >= 11 is 11.2. The Morgan fingerprint density at radius 3 is 1.45 bits per heavy atom. The number of carbonyl (C=O) groups excluding carboxylic acids is 2. The number of benzene rings is 3. The highest BCUT2D eigenvalue weighted by atomic mass is 35.5. The maximum absolute atomic E-state index is 11.5. The van der Waals surface area contributed by atoms with Crippen molar-refractivity contribution in [2.24, 2.45) is 0 Å². The summed E-state index contributed by atoms with van der Waals surface area (Å²) in [4.78, 5) is 23.0. The van der Waals surface area contributed by atoms with Crippen LogP contribution in [0.3, 0.4) is 0 Å². The first kappa shape index (κ1) is 13.1. The van der Waals surface area contributed by atoms with Gasteiger partial charge in [0.2, 0.25) is 0 Å². The molecular weight excluding hydrogens is 295 g/mol. The maximum atomic E-state index is 11.5. The molecule has 0 radical (unpaired) electrons. The summed E-state index contributed by atoms with van der Waals surface area (Å²) in [5, 5.41) is 2.10. The first-order chi connectivity index (χ1) is 9.58. The first-order valence-corrected chi connectivity index (χ1v) is 6.68. The molecule has 3 aromatic rings. The molecule has 0 saturated heterocycles. The van der Waals surface area contributed by atoms with E-state index in [1.165, 1.54) is 12.1 Å².